The minimum absolute atomic E-state index is 0.297. The van der Waals surface area contributed by atoms with Gasteiger partial charge in [0.1, 0.15) is 17.6 Å². The van der Waals surface area contributed by atoms with E-state index < -0.39 is 12.0 Å². The van der Waals surface area contributed by atoms with Gasteiger partial charge in [-0.2, -0.15) is 0 Å². The van der Waals surface area contributed by atoms with Gasteiger partial charge in [0.15, 0.2) is 0 Å². The third kappa shape index (κ3) is 3.35. The molecule has 128 valence electrons. The first-order valence-electron chi connectivity index (χ1n) is 7.97. The lowest BCUT2D eigenvalue weighted by Crippen LogP contribution is -2.46. The lowest BCUT2D eigenvalue weighted by molar-refractivity contribution is -0.145. The van der Waals surface area contributed by atoms with Crippen LogP contribution in [0.4, 0.5) is 0 Å². The first-order valence-corrected chi connectivity index (χ1v) is 8.76. The fourth-order valence-electron chi connectivity index (χ4n) is 3.39. The summed E-state index contributed by atoms with van der Waals surface area (Å²) in [5.74, 6) is 0.647. The van der Waals surface area contributed by atoms with Crippen LogP contribution in [0, 0.1) is 0 Å². The van der Waals surface area contributed by atoms with Crippen LogP contribution in [0.2, 0.25) is 0 Å². The van der Waals surface area contributed by atoms with Crippen LogP contribution in [0.3, 0.4) is 0 Å². The first kappa shape index (κ1) is 17.0. The van der Waals surface area contributed by atoms with E-state index in [-0.39, 0.29) is 6.04 Å². The Kier molecular flexibility index (Phi) is 5.26. The lowest BCUT2D eigenvalue weighted by atomic mass is 9.94. The predicted octanol–water partition coefficient (Wildman–Crippen LogP) is 4.08. The number of ether oxygens (including phenoxy) is 1. The fourth-order valence-corrected chi connectivity index (χ4v) is 3.77. The number of carbonyl (C=O) groups is 1. The highest BCUT2D eigenvalue weighted by Crippen LogP contribution is 2.39. The van der Waals surface area contributed by atoms with E-state index in [9.17, 15) is 9.90 Å². The van der Waals surface area contributed by atoms with Gasteiger partial charge >= 0.3 is 5.97 Å². The third-order valence-corrected chi connectivity index (χ3v) is 4.95. The first-order chi connectivity index (χ1) is 11.6. The average molecular weight is 394 g/mol. The van der Waals surface area contributed by atoms with Crippen LogP contribution >= 0.6 is 15.9 Å². The molecule has 1 fully saturated rings. The summed E-state index contributed by atoms with van der Waals surface area (Å²) in [6.45, 7) is 0.706. The normalized spacial score (nSPS) is 19.8. The molecule has 1 saturated heterocycles. The number of piperidine rings is 1. The van der Waals surface area contributed by atoms with E-state index >= 15 is 0 Å². The third-order valence-electron chi connectivity index (χ3n) is 4.46. The fraction of sp³-hybridized carbons (Fsp3) is 0.389. The van der Waals surface area contributed by atoms with Gasteiger partial charge in [0.05, 0.1) is 19.4 Å². The molecule has 0 bridgehead atoms. The summed E-state index contributed by atoms with van der Waals surface area (Å²) in [4.78, 5) is 13.8. The maximum Gasteiger partial charge on any atom is 0.320 e. The number of nitrogens with zero attached hydrogens (tertiary/aromatic N) is 1. The molecule has 6 heteroatoms. The number of carboxylic acids is 1. The van der Waals surface area contributed by atoms with Gasteiger partial charge in [0, 0.05) is 16.6 Å². The van der Waals surface area contributed by atoms with Crippen LogP contribution in [0.15, 0.2) is 45.5 Å². The van der Waals surface area contributed by atoms with Gasteiger partial charge in [-0.25, -0.2) is 0 Å². The minimum Gasteiger partial charge on any atom is -0.496 e. The van der Waals surface area contributed by atoms with Crippen molar-refractivity contribution in [2.75, 3.05) is 13.7 Å². The van der Waals surface area contributed by atoms with E-state index in [2.05, 4.69) is 15.9 Å². The van der Waals surface area contributed by atoms with Gasteiger partial charge < -0.3 is 14.3 Å². The molecule has 0 amide bonds. The SMILES string of the molecule is COc1ccc(Br)cc1C(c1ccco1)N1CCCCC1C(=O)O. The zero-order valence-corrected chi connectivity index (χ0v) is 15.0. The highest BCUT2D eigenvalue weighted by atomic mass is 79.9. The van der Waals surface area contributed by atoms with Crippen LogP contribution < -0.4 is 4.74 Å². The zero-order valence-electron chi connectivity index (χ0n) is 13.4. The topological polar surface area (TPSA) is 62.9 Å². The summed E-state index contributed by atoms with van der Waals surface area (Å²) in [5, 5.41) is 9.67. The highest BCUT2D eigenvalue weighted by Gasteiger charge is 2.37. The highest BCUT2D eigenvalue weighted by molar-refractivity contribution is 9.10. The summed E-state index contributed by atoms with van der Waals surface area (Å²) < 4.78 is 12.1. The maximum absolute atomic E-state index is 11.8. The van der Waals surface area contributed by atoms with Crippen molar-refractivity contribution in [3.8, 4) is 5.75 Å². The summed E-state index contributed by atoms with van der Waals surface area (Å²) >= 11 is 3.50. The average Bonchev–Trinajstić information content (AvgIpc) is 3.10. The van der Waals surface area contributed by atoms with Gasteiger partial charge in [0.2, 0.25) is 0 Å². The molecule has 1 aromatic heterocycles. The van der Waals surface area contributed by atoms with Crippen LogP contribution in [-0.4, -0.2) is 35.7 Å². The summed E-state index contributed by atoms with van der Waals surface area (Å²) in [6.07, 6.45) is 4.15. The number of aliphatic carboxylic acids is 1. The summed E-state index contributed by atoms with van der Waals surface area (Å²) in [5.41, 5.74) is 0.898. The Labute approximate surface area is 149 Å². The Bertz CT molecular complexity index is 701. The molecule has 0 aliphatic carbocycles. The molecule has 2 heterocycles. The van der Waals surface area contributed by atoms with Gasteiger partial charge in [0.25, 0.3) is 0 Å². The van der Waals surface area contributed by atoms with Crippen molar-refractivity contribution < 1.29 is 19.1 Å². The molecule has 0 spiro atoms. The number of methoxy groups -OCH3 is 1. The molecule has 0 saturated carbocycles. The molecular formula is C18H20BrNO4. The quantitative estimate of drug-likeness (QED) is 0.828. The molecular weight excluding hydrogens is 374 g/mol. The maximum atomic E-state index is 11.8. The van der Waals surface area contributed by atoms with Gasteiger partial charge in [-0.05, 0) is 43.2 Å². The van der Waals surface area contributed by atoms with Crippen molar-refractivity contribution in [2.45, 2.75) is 31.3 Å². The molecule has 1 N–H and O–H groups in total. The Balaban J connectivity index is 2.11. The molecule has 0 radical (unpaired) electrons. The van der Waals surface area contributed by atoms with E-state index in [1.165, 1.54) is 0 Å². The summed E-state index contributed by atoms with van der Waals surface area (Å²) in [7, 11) is 1.62. The summed E-state index contributed by atoms with van der Waals surface area (Å²) in [6, 6.07) is 8.65. The smallest absolute Gasteiger partial charge is 0.320 e. The second-order valence-corrected chi connectivity index (χ2v) is 6.81. The van der Waals surface area contributed by atoms with Gasteiger partial charge in [-0.1, -0.05) is 22.4 Å². The minimum atomic E-state index is -0.791. The second-order valence-electron chi connectivity index (χ2n) is 5.89. The number of halogens is 1. The zero-order chi connectivity index (χ0) is 17.1. The number of benzene rings is 1. The lowest BCUT2D eigenvalue weighted by Gasteiger charge is -2.38. The van der Waals surface area contributed by atoms with E-state index in [0.717, 1.165) is 28.6 Å². The van der Waals surface area contributed by atoms with Crippen LogP contribution in [0.25, 0.3) is 0 Å². The second kappa shape index (κ2) is 7.40. The molecule has 1 aliphatic heterocycles. The number of rotatable bonds is 5. The van der Waals surface area contributed by atoms with Crippen molar-refractivity contribution in [1.29, 1.82) is 0 Å². The Hall–Kier alpha value is -1.79. The largest absolute Gasteiger partial charge is 0.496 e. The van der Waals surface area contributed by atoms with E-state index in [0.29, 0.717) is 18.7 Å². The number of hydrogen-bond acceptors (Lipinski definition) is 4. The molecule has 5 nitrogen and oxygen atoms in total. The van der Waals surface area contributed by atoms with Crippen molar-refractivity contribution in [1.82, 2.24) is 4.90 Å². The molecule has 3 rings (SSSR count). The van der Waals surface area contributed by atoms with Gasteiger partial charge in [-0.15, -0.1) is 0 Å². The molecule has 2 aromatic rings. The number of carboxylic acid groups (broad SMARTS) is 1. The molecule has 24 heavy (non-hydrogen) atoms. The monoisotopic (exact) mass is 393 g/mol. The number of furan rings is 1. The Morgan fingerprint density at radius 3 is 2.92 bits per heavy atom. The van der Waals surface area contributed by atoms with Crippen LogP contribution in [0.1, 0.15) is 36.6 Å². The van der Waals surface area contributed by atoms with Crippen LogP contribution in [0.5, 0.6) is 5.75 Å². The van der Waals surface area contributed by atoms with E-state index in [1.54, 1.807) is 13.4 Å². The van der Waals surface area contributed by atoms with Crippen molar-refractivity contribution >= 4 is 21.9 Å². The van der Waals surface area contributed by atoms with Crippen LogP contribution in [-0.2, 0) is 4.79 Å². The molecule has 2 unspecified atom stereocenters. The molecule has 1 aliphatic rings. The van der Waals surface area contributed by atoms with Crippen molar-refractivity contribution in [2.24, 2.45) is 0 Å². The van der Waals surface area contributed by atoms with Crippen molar-refractivity contribution in [3.63, 3.8) is 0 Å². The Morgan fingerprint density at radius 2 is 2.25 bits per heavy atom. The van der Waals surface area contributed by atoms with E-state index in [4.69, 9.17) is 9.15 Å². The Morgan fingerprint density at radius 1 is 1.42 bits per heavy atom. The molecule has 2 atom stereocenters. The van der Waals surface area contributed by atoms with Gasteiger partial charge in [-0.3, -0.25) is 9.69 Å². The standard InChI is InChI=1S/C18H20BrNO4/c1-23-15-8-7-12(19)11-13(15)17(16-6-4-10-24-16)20-9-3-2-5-14(20)18(21)22/h4,6-8,10-11,14,17H,2-3,5,9H2,1H3,(H,21,22). The molecule has 1 aromatic carbocycles. The predicted molar refractivity (Wildman–Crippen MR) is 93.2 cm³/mol. The number of hydrogen-bond donors (Lipinski definition) is 1. The van der Waals surface area contributed by atoms with E-state index in [1.807, 2.05) is 35.2 Å². The number of likely N-dealkylation sites (tertiary alicyclic amines) is 1. The van der Waals surface area contributed by atoms with Crippen molar-refractivity contribution in [3.05, 3.63) is 52.4 Å².